The third-order valence-corrected chi connectivity index (χ3v) is 4.38. The quantitative estimate of drug-likeness (QED) is 0.781. The van der Waals surface area contributed by atoms with Gasteiger partial charge in [0.15, 0.2) is 0 Å². The normalized spacial score (nSPS) is 14.6. The van der Waals surface area contributed by atoms with Gasteiger partial charge in [0.1, 0.15) is 10.7 Å². The van der Waals surface area contributed by atoms with Gasteiger partial charge in [-0.15, -0.1) is 0 Å². The van der Waals surface area contributed by atoms with Crippen molar-refractivity contribution in [2.45, 2.75) is 6.92 Å². The van der Waals surface area contributed by atoms with E-state index in [9.17, 15) is 9.59 Å². The van der Waals surface area contributed by atoms with Gasteiger partial charge in [-0.2, -0.15) is 0 Å². The van der Waals surface area contributed by atoms with Crippen molar-refractivity contribution in [3.63, 3.8) is 0 Å². The molecule has 3 rings (SSSR count). The third-order valence-electron chi connectivity index (χ3n) is 3.54. The molecule has 0 saturated heterocycles. The summed E-state index contributed by atoms with van der Waals surface area (Å²) in [5.41, 5.74) is 1.77. The first kappa shape index (κ1) is 16.8. The monoisotopic (exact) mass is 380 g/mol. The Morgan fingerprint density at radius 3 is 2.12 bits per heavy atom. The van der Waals surface area contributed by atoms with E-state index in [1.54, 1.807) is 49.4 Å². The highest BCUT2D eigenvalue weighted by Crippen LogP contribution is 2.33. The van der Waals surface area contributed by atoms with Crippen LogP contribution >= 0.6 is 34.8 Å². The van der Waals surface area contributed by atoms with Crippen molar-refractivity contribution < 1.29 is 9.59 Å². The molecule has 4 nitrogen and oxygen atoms in total. The molecule has 7 heteroatoms. The number of aryl methyl sites for hydroxylation is 1. The number of amides is 2. The van der Waals surface area contributed by atoms with Gasteiger partial charge in [-0.25, -0.2) is 4.90 Å². The van der Waals surface area contributed by atoms with Gasteiger partial charge in [0.2, 0.25) is 0 Å². The predicted octanol–water partition coefficient (Wildman–Crippen LogP) is 4.74. The topological polar surface area (TPSA) is 49.4 Å². The first-order valence-electron chi connectivity index (χ1n) is 6.96. The van der Waals surface area contributed by atoms with Crippen LogP contribution in [0.15, 0.2) is 53.2 Å². The Kier molecular flexibility index (Phi) is 4.54. The van der Waals surface area contributed by atoms with E-state index in [4.69, 9.17) is 34.8 Å². The number of rotatable bonds is 3. The van der Waals surface area contributed by atoms with Gasteiger partial charge in [-0.05, 0) is 55.0 Å². The number of carbonyl (C=O) groups excluding carboxylic acids is 2. The summed E-state index contributed by atoms with van der Waals surface area (Å²) < 4.78 is 0. The van der Waals surface area contributed by atoms with Crippen LogP contribution in [0.1, 0.15) is 5.56 Å². The molecule has 1 heterocycles. The minimum atomic E-state index is -0.580. The molecule has 2 aromatic rings. The lowest BCUT2D eigenvalue weighted by Crippen LogP contribution is -2.32. The van der Waals surface area contributed by atoms with Crippen LogP contribution in [-0.4, -0.2) is 11.8 Å². The summed E-state index contributed by atoms with van der Waals surface area (Å²) in [6, 6.07) is 11.6. The molecule has 0 aromatic heterocycles. The molecule has 1 N–H and O–H groups in total. The lowest BCUT2D eigenvalue weighted by atomic mass is 10.2. The van der Waals surface area contributed by atoms with Crippen LogP contribution in [0.2, 0.25) is 10.0 Å². The number of nitrogens with zero attached hydrogens (tertiary/aromatic N) is 1. The van der Waals surface area contributed by atoms with Crippen molar-refractivity contribution in [3.05, 3.63) is 68.8 Å². The summed E-state index contributed by atoms with van der Waals surface area (Å²) in [6.07, 6.45) is 0. The molecule has 122 valence electrons. The number of imide groups is 1. The number of nitrogens with one attached hydrogen (secondary N) is 1. The summed E-state index contributed by atoms with van der Waals surface area (Å²) in [5, 5.41) is 3.80. The van der Waals surface area contributed by atoms with Gasteiger partial charge in [-0.1, -0.05) is 34.8 Å². The highest BCUT2D eigenvalue weighted by atomic mass is 35.5. The SMILES string of the molecule is Cc1cc(Cl)ccc1N1C(=O)C(Cl)=C(Nc2ccc(Cl)cc2)C1=O. The van der Waals surface area contributed by atoms with Crippen molar-refractivity contribution in [1.82, 2.24) is 0 Å². The Hall–Kier alpha value is -2.01. The Morgan fingerprint density at radius 2 is 1.50 bits per heavy atom. The maximum Gasteiger partial charge on any atom is 0.283 e. The second-order valence-electron chi connectivity index (χ2n) is 5.20. The fourth-order valence-corrected chi connectivity index (χ4v) is 2.94. The summed E-state index contributed by atoms with van der Waals surface area (Å²) in [4.78, 5) is 26.1. The maximum atomic E-state index is 12.7. The van der Waals surface area contributed by atoms with E-state index in [0.29, 0.717) is 27.0 Å². The molecule has 0 bridgehead atoms. The Labute approximate surface area is 153 Å². The fraction of sp³-hybridized carbons (Fsp3) is 0.0588. The van der Waals surface area contributed by atoms with E-state index in [-0.39, 0.29) is 10.7 Å². The van der Waals surface area contributed by atoms with E-state index in [0.717, 1.165) is 4.90 Å². The molecule has 2 aromatic carbocycles. The minimum absolute atomic E-state index is 0.0262. The van der Waals surface area contributed by atoms with Crippen LogP contribution in [0, 0.1) is 6.92 Å². The molecule has 1 aliphatic heterocycles. The first-order chi connectivity index (χ1) is 11.4. The molecule has 0 spiro atoms. The lowest BCUT2D eigenvalue weighted by molar-refractivity contribution is -0.120. The van der Waals surface area contributed by atoms with Crippen LogP contribution in [0.3, 0.4) is 0 Å². The molecule has 0 atom stereocenters. The number of carbonyl (C=O) groups is 2. The van der Waals surface area contributed by atoms with Gasteiger partial charge in [0.25, 0.3) is 11.8 Å². The molecule has 0 fully saturated rings. The lowest BCUT2D eigenvalue weighted by Gasteiger charge is -2.17. The maximum absolute atomic E-state index is 12.7. The first-order valence-corrected chi connectivity index (χ1v) is 8.09. The van der Waals surface area contributed by atoms with Crippen molar-refractivity contribution in [1.29, 1.82) is 0 Å². The van der Waals surface area contributed by atoms with E-state index in [2.05, 4.69) is 5.32 Å². The van der Waals surface area contributed by atoms with Gasteiger partial charge >= 0.3 is 0 Å². The molecule has 24 heavy (non-hydrogen) atoms. The van der Waals surface area contributed by atoms with Crippen LogP contribution in [0.4, 0.5) is 11.4 Å². The van der Waals surface area contributed by atoms with Crippen LogP contribution in [0.25, 0.3) is 0 Å². The molecule has 0 radical (unpaired) electrons. The number of hydrogen-bond donors (Lipinski definition) is 1. The third kappa shape index (κ3) is 3.00. The van der Waals surface area contributed by atoms with Crippen molar-refractivity contribution in [3.8, 4) is 0 Å². The van der Waals surface area contributed by atoms with E-state index < -0.39 is 11.8 Å². The zero-order valence-corrected chi connectivity index (χ0v) is 14.7. The number of hydrogen-bond acceptors (Lipinski definition) is 3. The molecule has 0 aliphatic carbocycles. The number of benzene rings is 2. The molecular formula is C17H11Cl3N2O2. The van der Waals surface area contributed by atoms with Gasteiger partial charge in [0.05, 0.1) is 5.69 Å². The van der Waals surface area contributed by atoms with Crippen molar-refractivity contribution >= 4 is 58.0 Å². The van der Waals surface area contributed by atoms with Crippen LogP contribution in [0.5, 0.6) is 0 Å². The highest BCUT2D eigenvalue weighted by molar-refractivity contribution is 6.53. The molecule has 0 saturated carbocycles. The van der Waals surface area contributed by atoms with Gasteiger partial charge in [0, 0.05) is 15.7 Å². The Bertz CT molecular complexity index is 876. The fourth-order valence-electron chi connectivity index (χ4n) is 2.38. The zero-order valence-electron chi connectivity index (χ0n) is 12.4. The Morgan fingerprint density at radius 1 is 0.875 bits per heavy atom. The average Bonchev–Trinajstić information content (AvgIpc) is 2.74. The summed E-state index contributed by atoms with van der Waals surface area (Å²) in [7, 11) is 0. The van der Waals surface area contributed by atoms with E-state index in [1.807, 2.05) is 0 Å². The second kappa shape index (κ2) is 6.48. The predicted molar refractivity (Wildman–Crippen MR) is 96.6 cm³/mol. The molecule has 2 amide bonds. The Balaban J connectivity index is 1.94. The second-order valence-corrected chi connectivity index (χ2v) is 6.45. The standard InChI is InChI=1S/C17H11Cl3N2O2/c1-9-8-11(19)4-7-13(9)22-16(23)14(20)15(17(22)24)21-12-5-2-10(18)3-6-12/h2-8,21H,1H3. The summed E-state index contributed by atoms with van der Waals surface area (Å²) >= 11 is 17.8. The summed E-state index contributed by atoms with van der Waals surface area (Å²) in [5.74, 6) is -1.10. The number of anilines is 2. The van der Waals surface area contributed by atoms with Crippen molar-refractivity contribution in [2.24, 2.45) is 0 Å². The van der Waals surface area contributed by atoms with Crippen LogP contribution in [-0.2, 0) is 9.59 Å². The minimum Gasteiger partial charge on any atom is -0.350 e. The molecular weight excluding hydrogens is 371 g/mol. The zero-order chi connectivity index (χ0) is 17.4. The van der Waals surface area contributed by atoms with Crippen molar-refractivity contribution in [2.75, 3.05) is 10.2 Å². The summed E-state index contributed by atoms with van der Waals surface area (Å²) in [6.45, 7) is 1.76. The smallest absolute Gasteiger partial charge is 0.283 e. The van der Waals surface area contributed by atoms with E-state index >= 15 is 0 Å². The van der Waals surface area contributed by atoms with E-state index in [1.165, 1.54) is 0 Å². The average molecular weight is 382 g/mol. The van der Waals surface area contributed by atoms with Gasteiger partial charge < -0.3 is 5.32 Å². The largest absolute Gasteiger partial charge is 0.350 e. The molecule has 1 aliphatic rings. The van der Waals surface area contributed by atoms with Crippen LogP contribution < -0.4 is 10.2 Å². The number of halogens is 3. The van der Waals surface area contributed by atoms with Gasteiger partial charge in [-0.3, -0.25) is 9.59 Å². The highest BCUT2D eigenvalue weighted by Gasteiger charge is 2.39. The molecule has 0 unspecified atom stereocenters.